The highest BCUT2D eigenvalue weighted by atomic mass is 16.5. The lowest BCUT2D eigenvalue weighted by atomic mass is 9.85. The molecular weight excluding hydrogens is 404 g/mol. The first kappa shape index (κ1) is 21.5. The van der Waals surface area contributed by atoms with E-state index in [0.717, 1.165) is 23.9 Å². The van der Waals surface area contributed by atoms with E-state index in [0.29, 0.717) is 41.6 Å². The average molecular weight is 431 g/mol. The van der Waals surface area contributed by atoms with E-state index in [2.05, 4.69) is 21.5 Å². The Kier molecular flexibility index (Phi) is 6.47. The molecule has 0 unspecified atom stereocenters. The van der Waals surface area contributed by atoms with E-state index in [-0.39, 0.29) is 17.8 Å². The lowest BCUT2D eigenvalue weighted by molar-refractivity contribution is 0.103. The third-order valence-electron chi connectivity index (χ3n) is 5.62. The minimum atomic E-state index is -0.267. The second kappa shape index (κ2) is 9.62. The van der Waals surface area contributed by atoms with E-state index in [1.54, 1.807) is 30.3 Å². The molecule has 7 heteroatoms. The molecule has 0 radical (unpaired) electrons. The summed E-state index contributed by atoms with van der Waals surface area (Å²) < 4.78 is 5.96. The first-order valence-corrected chi connectivity index (χ1v) is 10.7. The zero-order chi connectivity index (χ0) is 22.5. The number of carbonyl (C=O) groups is 1. The molecule has 1 heterocycles. The van der Waals surface area contributed by atoms with Crippen molar-refractivity contribution in [2.24, 2.45) is 16.6 Å². The summed E-state index contributed by atoms with van der Waals surface area (Å²) >= 11 is 0. The number of hydrogen-bond donors (Lipinski definition) is 3. The maximum absolute atomic E-state index is 12.8. The number of H-pyrrole nitrogens is 1. The van der Waals surface area contributed by atoms with Crippen molar-refractivity contribution in [2.45, 2.75) is 31.8 Å². The van der Waals surface area contributed by atoms with Gasteiger partial charge in [-0.3, -0.25) is 4.79 Å². The number of allylic oxidation sites excluding steroid dienone is 2. The number of fused-ring (bicyclic) bond motifs is 1. The van der Waals surface area contributed by atoms with Crippen molar-refractivity contribution in [1.82, 2.24) is 9.97 Å². The van der Waals surface area contributed by atoms with Gasteiger partial charge in [0.05, 0.1) is 22.8 Å². The molecule has 4 N–H and O–H groups in total. The third kappa shape index (κ3) is 4.78. The van der Waals surface area contributed by atoms with Gasteiger partial charge < -0.3 is 20.6 Å². The summed E-state index contributed by atoms with van der Waals surface area (Å²) in [6, 6.07) is 14.3. The van der Waals surface area contributed by atoms with Crippen LogP contribution in [-0.2, 0) is 0 Å². The molecular formula is C25H26N4O3. The van der Waals surface area contributed by atoms with Crippen LogP contribution in [-0.4, -0.2) is 33.2 Å². The quantitative estimate of drug-likeness (QED) is 0.297. The van der Waals surface area contributed by atoms with Gasteiger partial charge in [-0.15, -0.1) is 0 Å². The molecule has 0 saturated heterocycles. The van der Waals surface area contributed by atoms with E-state index < -0.39 is 0 Å². The summed E-state index contributed by atoms with van der Waals surface area (Å²) in [4.78, 5) is 24.5. The summed E-state index contributed by atoms with van der Waals surface area (Å²) in [6.45, 7) is 3.65. The molecule has 0 spiro atoms. The predicted molar refractivity (Wildman–Crippen MR) is 124 cm³/mol. The zero-order valence-corrected chi connectivity index (χ0v) is 17.7. The molecule has 1 aliphatic rings. The average Bonchev–Trinajstić information content (AvgIpc) is 3.26. The number of carbonyl (C=O) groups excluding carboxylic acids is 1. The van der Waals surface area contributed by atoms with E-state index in [1.807, 2.05) is 24.3 Å². The van der Waals surface area contributed by atoms with Gasteiger partial charge in [-0.1, -0.05) is 24.8 Å². The van der Waals surface area contributed by atoms with Crippen LogP contribution in [0.5, 0.6) is 5.75 Å². The van der Waals surface area contributed by atoms with Gasteiger partial charge in [0.15, 0.2) is 5.82 Å². The van der Waals surface area contributed by atoms with Crippen molar-refractivity contribution >= 4 is 23.0 Å². The number of benzene rings is 2. The minimum absolute atomic E-state index is 0.101. The smallest absolute Gasteiger partial charge is 0.238 e. The molecule has 1 fully saturated rings. The number of ether oxygens (including phenoxy) is 1. The van der Waals surface area contributed by atoms with Gasteiger partial charge in [-0.25, -0.2) is 9.98 Å². The maximum atomic E-state index is 12.8. The highest BCUT2D eigenvalue weighted by Gasteiger charge is 2.24. The maximum Gasteiger partial charge on any atom is 0.238 e. The van der Waals surface area contributed by atoms with Gasteiger partial charge in [-0.05, 0) is 62.1 Å². The minimum Gasteiger partial charge on any atom is -0.437 e. The molecule has 0 aliphatic heterocycles. The number of nitrogens with zero attached hydrogens (tertiary/aromatic N) is 2. The Labute approximate surface area is 186 Å². The van der Waals surface area contributed by atoms with Crippen LogP contribution >= 0.6 is 0 Å². The molecule has 7 nitrogen and oxygen atoms in total. The first-order valence-electron chi connectivity index (χ1n) is 10.7. The molecule has 0 atom stereocenters. The Hall–Kier alpha value is -3.71. The molecule has 32 heavy (non-hydrogen) atoms. The Bertz CT molecular complexity index is 1140. The van der Waals surface area contributed by atoms with Crippen LogP contribution < -0.4 is 10.5 Å². The molecule has 1 saturated carbocycles. The first-order chi connectivity index (χ1) is 15.5. The van der Waals surface area contributed by atoms with Crippen molar-refractivity contribution in [3.8, 4) is 5.75 Å². The number of para-hydroxylation sites is 2. The number of aromatic nitrogens is 2. The van der Waals surface area contributed by atoms with Gasteiger partial charge in [0, 0.05) is 17.7 Å². The number of nitrogens with two attached hydrogens (primary N) is 1. The van der Waals surface area contributed by atoms with Crippen LogP contribution in [0.1, 0.15) is 41.9 Å². The van der Waals surface area contributed by atoms with Gasteiger partial charge in [-0.2, -0.15) is 0 Å². The Balaban J connectivity index is 1.52. The number of aromatic amines is 1. The second-order valence-electron chi connectivity index (χ2n) is 7.84. The second-order valence-corrected chi connectivity index (χ2v) is 7.84. The van der Waals surface area contributed by atoms with Crippen LogP contribution in [0.15, 0.2) is 77.8 Å². The van der Waals surface area contributed by atoms with Gasteiger partial charge in [0.25, 0.3) is 0 Å². The SMILES string of the molecule is C=C/C=N\C(Oc1ccc(C(=O)c2nc3ccccc3[nH]2)cc1)=C(/N)[C@H]1CC[C@@H](O)CC1. The normalized spacial score (nSPS) is 19.7. The highest BCUT2D eigenvalue weighted by Crippen LogP contribution is 2.30. The van der Waals surface area contributed by atoms with E-state index in [1.165, 1.54) is 6.21 Å². The monoisotopic (exact) mass is 430 g/mol. The lowest BCUT2D eigenvalue weighted by Crippen LogP contribution is -2.24. The number of hydrogen-bond acceptors (Lipinski definition) is 6. The van der Waals surface area contributed by atoms with Gasteiger partial charge in [0.1, 0.15) is 5.75 Å². The molecule has 4 rings (SSSR count). The number of nitrogens with one attached hydrogen (secondary N) is 1. The number of aliphatic hydroxyl groups excluding tert-OH is 1. The van der Waals surface area contributed by atoms with Crippen molar-refractivity contribution < 1.29 is 14.6 Å². The van der Waals surface area contributed by atoms with Gasteiger partial charge >= 0.3 is 0 Å². The van der Waals surface area contributed by atoms with Crippen LogP contribution in [0.4, 0.5) is 0 Å². The van der Waals surface area contributed by atoms with E-state index in [4.69, 9.17) is 10.5 Å². The van der Waals surface area contributed by atoms with Crippen LogP contribution in [0.3, 0.4) is 0 Å². The van der Waals surface area contributed by atoms with Crippen molar-refractivity contribution in [1.29, 1.82) is 0 Å². The number of aliphatic imine (C=N–C) groups is 1. The Morgan fingerprint density at radius 1 is 1.16 bits per heavy atom. The number of ketones is 1. The molecule has 164 valence electrons. The van der Waals surface area contributed by atoms with Crippen molar-refractivity contribution in [2.75, 3.05) is 0 Å². The van der Waals surface area contributed by atoms with Gasteiger partial charge in [0.2, 0.25) is 11.7 Å². The van der Waals surface area contributed by atoms with E-state index >= 15 is 0 Å². The van der Waals surface area contributed by atoms with Crippen molar-refractivity contribution in [3.05, 3.63) is 84.2 Å². The lowest BCUT2D eigenvalue weighted by Gasteiger charge is -2.26. The van der Waals surface area contributed by atoms with Crippen LogP contribution in [0.25, 0.3) is 11.0 Å². The third-order valence-corrected chi connectivity index (χ3v) is 5.62. The number of rotatable bonds is 7. The number of imidazole rings is 1. The summed E-state index contributed by atoms with van der Waals surface area (Å²) in [7, 11) is 0. The molecule has 1 aromatic heterocycles. The summed E-state index contributed by atoms with van der Waals surface area (Å²) in [5, 5.41) is 9.75. The Morgan fingerprint density at radius 3 is 2.56 bits per heavy atom. The fourth-order valence-electron chi connectivity index (χ4n) is 3.82. The topological polar surface area (TPSA) is 114 Å². The zero-order valence-electron chi connectivity index (χ0n) is 17.7. The van der Waals surface area contributed by atoms with Crippen molar-refractivity contribution in [3.63, 3.8) is 0 Å². The molecule has 3 aromatic rings. The Morgan fingerprint density at radius 2 is 1.88 bits per heavy atom. The van der Waals surface area contributed by atoms with Crippen LogP contribution in [0, 0.1) is 5.92 Å². The molecule has 2 aromatic carbocycles. The largest absolute Gasteiger partial charge is 0.437 e. The van der Waals surface area contributed by atoms with E-state index in [9.17, 15) is 9.90 Å². The number of aliphatic hydroxyl groups is 1. The highest BCUT2D eigenvalue weighted by molar-refractivity contribution is 6.08. The van der Waals surface area contributed by atoms with Crippen LogP contribution in [0.2, 0.25) is 0 Å². The summed E-state index contributed by atoms with van der Waals surface area (Å²) in [6.07, 6.45) is 5.81. The summed E-state index contributed by atoms with van der Waals surface area (Å²) in [5.74, 6) is 1.02. The fourth-order valence-corrected chi connectivity index (χ4v) is 3.82. The molecule has 0 amide bonds. The standard InChI is InChI=1S/C25H26N4O3/c1-2-15-27-25(22(26)16-7-11-18(30)12-8-16)32-19-13-9-17(10-14-19)23(31)24-28-20-5-3-4-6-21(20)29-24/h2-6,9-10,13-16,18,30H,1,7-8,11-12,26H2,(H,28,29)/b25-22+,27-15-/t16-,18+. The summed E-state index contributed by atoms with van der Waals surface area (Å²) in [5.41, 5.74) is 8.98. The molecule has 0 bridgehead atoms. The predicted octanol–water partition coefficient (Wildman–Crippen LogP) is 4.11. The fraction of sp³-hybridized carbons (Fsp3) is 0.240. The molecule has 1 aliphatic carbocycles.